The first kappa shape index (κ1) is 37.4. The zero-order chi connectivity index (χ0) is 28.9. The van der Waals surface area contributed by atoms with Crippen LogP contribution in [0, 0.1) is 0 Å². The lowest BCUT2D eigenvalue weighted by molar-refractivity contribution is -0.671. The SMILES string of the molecule is CCCCCCn1cc[n+](C)c1.COS(=O)(=O)[O-].C[n+]1ccn(CCCCS(=O)(=O)O)c1.O=S([O-])O[O-]. The maximum absolute atomic E-state index is 10.4. The number of unbranched alkanes of at least 4 members (excludes halogenated alkanes) is 4. The van der Waals surface area contributed by atoms with Gasteiger partial charge in [0.25, 0.3) is 10.1 Å². The minimum atomic E-state index is -4.41. The van der Waals surface area contributed by atoms with Crippen LogP contribution in [-0.4, -0.2) is 56.7 Å². The summed E-state index contributed by atoms with van der Waals surface area (Å²) in [5.41, 5.74) is 0. The van der Waals surface area contributed by atoms with E-state index in [0.717, 1.165) is 20.1 Å². The third-order valence-electron chi connectivity index (χ3n) is 4.25. The maximum atomic E-state index is 10.4. The predicted molar refractivity (Wildman–Crippen MR) is 128 cm³/mol. The van der Waals surface area contributed by atoms with E-state index >= 15 is 0 Å². The van der Waals surface area contributed by atoms with E-state index in [9.17, 15) is 21.4 Å². The third-order valence-corrected chi connectivity index (χ3v) is 5.57. The van der Waals surface area contributed by atoms with Gasteiger partial charge in [-0.05, 0) is 25.7 Å². The Morgan fingerprint density at radius 1 is 0.919 bits per heavy atom. The van der Waals surface area contributed by atoms with Crippen molar-refractivity contribution in [3.63, 3.8) is 0 Å². The summed E-state index contributed by atoms with van der Waals surface area (Å²) in [4.78, 5) is 0. The lowest BCUT2D eigenvalue weighted by Gasteiger charge is -2.05. The van der Waals surface area contributed by atoms with Crippen molar-refractivity contribution in [2.24, 2.45) is 14.1 Å². The molecular weight excluding hydrogens is 556 g/mol. The topological polar surface area (TPSA) is 211 Å². The molecule has 1 N–H and O–H groups in total. The second kappa shape index (κ2) is 21.2. The maximum Gasteiger partial charge on any atom is 0.264 e. The lowest BCUT2D eigenvalue weighted by Crippen LogP contribution is -2.23. The molecule has 0 aliphatic carbocycles. The molecule has 0 saturated heterocycles. The van der Waals surface area contributed by atoms with Crippen molar-refractivity contribution in [3.8, 4) is 0 Å². The Morgan fingerprint density at radius 3 is 1.59 bits per heavy atom. The van der Waals surface area contributed by atoms with Gasteiger partial charge in [-0.3, -0.25) is 8.74 Å². The molecule has 0 saturated carbocycles. The Hall–Kier alpha value is -1.77. The van der Waals surface area contributed by atoms with Crippen LogP contribution in [0.15, 0.2) is 37.4 Å². The van der Waals surface area contributed by atoms with Crippen molar-refractivity contribution in [2.75, 3.05) is 12.9 Å². The minimum absolute atomic E-state index is 0.152. The molecule has 15 nitrogen and oxygen atoms in total. The quantitative estimate of drug-likeness (QED) is 0.0602. The molecule has 1 unspecified atom stereocenters. The molecule has 0 amide bonds. The molecule has 1 atom stereocenters. The molecule has 0 bridgehead atoms. The fourth-order valence-corrected chi connectivity index (χ4v) is 3.14. The molecule has 0 aliphatic rings. The van der Waals surface area contributed by atoms with Crippen molar-refractivity contribution in [3.05, 3.63) is 37.4 Å². The van der Waals surface area contributed by atoms with Gasteiger partial charge in [0.1, 0.15) is 24.8 Å². The first-order valence-corrected chi connectivity index (χ1v) is 15.0. The van der Waals surface area contributed by atoms with Crippen molar-refractivity contribution >= 4 is 31.9 Å². The summed E-state index contributed by atoms with van der Waals surface area (Å²) in [6.07, 6.45) is 18.7. The molecule has 0 spiro atoms. The third kappa shape index (κ3) is 28.6. The largest absolute Gasteiger partial charge is 0.750 e. The Kier molecular flexibility index (Phi) is 21.4. The standard InChI is InChI=1S/C10H19N2.C8H14N2O3S.CH4O4S.H2O4S/c1-3-4-5-6-7-12-9-8-11(2)10-12;1-9-5-6-10(8-9)4-2-3-7-14(11,12)13;1-5-6(2,3)4;1-4-5(2)3/h8-10H,3-7H2,1-2H3;5-6,8H,2-4,7H2,1H3;1H3,(H,2,3,4);1H,(H,2,3)/q+1;;;/p-2. The number of aromatic nitrogens is 4. The first-order chi connectivity index (χ1) is 17.1. The zero-order valence-electron chi connectivity index (χ0n) is 21.4. The fourth-order valence-electron chi connectivity index (χ4n) is 2.57. The van der Waals surface area contributed by atoms with Crippen molar-refractivity contribution in [1.82, 2.24) is 9.13 Å². The van der Waals surface area contributed by atoms with Crippen LogP contribution in [0.4, 0.5) is 0 Å². The molecule has 0 aliphatic heterocycles. The van der Waals surface area contributed by atoms with Gasteiger partial charge in [-0.1, -0.05) is 19.8 Å². The predicted octanol–water partition coefficient (Wildman–Crippen LogP) is -0.961. The minimum Gasteiger partial charge on any atom is -0.750 e. The van der Waals surface area contributed by atoms with Crippen molar-refractivity contribution in [1.29, 1.82) is 0 Å². The molecule has 2 aromatic rings. The van der Waals surface area contributed by atoms with Crippen LogP contribution in [-0.2, 0) is 67.6 Å². The average molecular weight is 594 g/mol. The van der Waals surface area contributed by atoms with E-state index in [1.165, 1.54) is 32.2 Å². The second-order valence-electron chi connectivity index (χ2n) is 7.53. The van der Waals surface area contributed by atoms with Gasteiger partial charge in [-0.15, -0.1) is 0 Å². The number of rotatable bonds is 12. The highest BCUT2D eigenvalue weighted by molar-refractivity contribution is 7.85. The molecule has 0 radical (unpaired) electrons. The summed E-state index contributed by atoms with van der Waals surface area (Å²) >= 11 is -2.88. The van der Waals surface area contributed by atoms with Gasteiger partial charge >= 0.3 is 0 Å². The Morgan fingerprint density at radius 2 is 1.32 bits per heavy atom. The van der Waals surface area contributed by atoms with E-state index in [1.807, 2.05) is 34.9 Å². The number of aryl methyl sites for hydroxylation is 4. The summed E-state index contributed by atoms with van der Waals surface area (Å²) < 4.78 is 88.6. The van der Waals surface area contributed by atoms with Crippen LogP contribution in [0.25, 0.3) is 0 Å². The summed E-state index contributed by atoms with van der Waals surface area (Å²) in [5.74, 6) is -0.152. The molecule has 2 heterocycles. The van der Waals surface area contributed by atoms with E-state index in [0.29, 0.717) is 6.42 Å². The molecule has 18 heteroatoms. The van der Waals surface area contributed by atoms with Crippen LogP contribution >= 0.6 is 0 Å². The zero-order valence-corrected chi connectivity index (χ0v) is 23.8. The molecule has 218 valence electrons. The average Bonchev–Trinajstić information content (AvgIpc) is 3.42. The number of hydrogen-bond acceptors (Lipinski definition) is 10. The Bertz CT molecular complexity index is 1070. The molecule has 37 heavy (non-hydrogen) atoms. The van der Waals surface area contributed by atoms with Crippen molar-refractivity contribution in [2.45, 2.75) is 58.5 Å². The van der Waals surface area contributed by atoms with Gasteiger partial charge in [0.2, 0.25) is 23.1 Å². The van der Waals surface area contributed by atoms with Crippen LogP contribution < -0.4 is 14.4 Å². The summed E-state index contributed by atoms with van der Waals surface area (Å²) in [6, 6.07) is 0. The van der Waals surface area contributed by atoms with Gasteiger partial charge in [-0.2, -0.15) is 8.42 Å². The van der Waals surface area contributed by atoms with Gasteiger partial charge in [0.15, 0.2) is 0 Å². The Balaban J connectivity index is 0. The van der Waals surface area contributed by atoms with Crippen LogP contribution in [0.2, 0.25) is 0 Å². The highest BCUT2D eigenvalue weighted by Gasteiger charge is 2.05. The molecule has 0 fully saturated rings. The van der Waals surface area contributed by atoms with E-state index in [-0.39, 0.29) is 5.75 Å². The second-order valence-corrected chi connectivity index (χ2v) is 10.8. The first-order valence-electron chi connectivity index (χ1n) is 11.0. The van der Waals surface area contributed by atoms with E-state index in [1.54, 1.807) is 0 Å². The number of nitrogens with zero attached hydrogens (tertiary/aromatic N) is 4. The molecular formula is C19H37N4O11S3-. The summed E-state index contributed by atoms with van der Waals surface area (Å²) in [5, 5.41) is 8.52. The van der Waals surface area contributed by atoms with Gasteiger partial charge in [0, 0.05) is 0 Å². The van der Waals surface area contributed by atoms with E-state index in [4.69, 9.17) is 18.6 Å². The fraction of sp³-hybridized carbons (Fsp3) is 0.684. The normalized spacial score (nSPS) is 11.8. The van der Waals surface area contributed by atoms with E-state index in [2.05, 4.69) is 50.3 Å². The summed E-state index contributed by atoms with van der Waals surface area (Å²) in [7, 11) is -3.41. The highest BCUT2D eigenvalue weighted by atomic mass is 32.3. The molecule has 0 aromatic carbocycles. The van der Waals surface area contributed by atoms with Gasteiger partial charge in [-0.25, -0.2) is 30.9 Å². The summed E-state index contributed by atoms with van der Waals surface area (Å²) in [6.45, 7) is 4.19. The number of hydrogen-bond donors (Lipinski definition) is 1. The van der Waals surface area contributed by atoms with Crippen LogP contribution in [0.3, 0.4) is 0 Å². The highest BCUT2D eigenvalue weighted by Crippen LogP contribution is 2.00. The van der Waals surface area contributed by atoms with Gasteiger partial charge in [0.05, 0.1) is 51.4 Å². The van der Waals surface area contributed by atoms with Crippen molar-refractivity contribution < 1.29 is 57.6 Å². The smallest absolute Gasteiger partial charge is 0.264 e. The van der Waals surface area contributed by atoms with Crippen LogP contribution in [0.5, 0.6) is 0 Å². The Labute approximate surface area is 221 Å². The van der Waals surface area contributed by atoms with Gasteiger partial charge < -0.3 is 18.7 Å². The van der Waals surface area contributed by atoms with E-state index < -0.39 is 31.9 Å². The number of imidazole rings is 2. The monoisotopic (exact) mass is 593 g/mol. The molecule has 2 rings (SSSR count). The van der Waals surface area contributed by atoms with Crippen LogP contribution in [0.1, 0.15) is 45.4 Å². The molecule has 2 aromatic heterocycles. The lowest BCUT2D eigenvalue weighted by atomic mass is 10.2.